The predicted octanol–water partition coefficient (Wildman–Crippen LogP) is 4.71. The Kier molecular flexibility index (Phi) is 7.90. The summed E-state index contributed by atoms with van der Waals surface area (Å²) >= 11 is 0. The zero-order valence-corrected chi connectivity index (χ0v) is 12.6. The largest absolute Gasteiger partial charge is 0.148 e. The number of rotatable bonds is 6. The maximum absolute atomic E-state index is 2.16. The van der Waals surface area contributed by atoms with Gasteiger partial charge in [0.25, 0.3) is 0 Å². The lowest BCUT2D eigenvalue weighted by molar-refractivity contribution is 1.63. The smallest absolute Gasteiger partial charge is 0.0881 e. The minimum absolute atomic E-state index is 1.20. The Morgan fingerprint density at radius 3 is 2.10 bits per heavy atom. The summed E-state index contributed by atoms with van der Waals surface area (Å²) in [6.07, 6.45) is 18.5. The van der Waals surface area contributed by atoms with Crippen molar-refractivity contribution in [2.45, 2.75) is 20.7 Å². The summed E-state index contributed by atoms with van der Waals surface area (Å²) in [5.74, 6) is 0. The molecule has 0 aliphatic heterocycles. The summed E-state index contributed by atoms with van der Waals surface area (Å²) in [5, 5.41) is 0. The van der Waals surface area contributed by atoms with Crippen molar-refractivity contribution in [1.82, 2.24) is 0 Å². The summed E-state index contributed by atoms with van der Waals surface area (Å²) in [4.78, 5) is 0. The molecule has 0 heterocycles. The van der Waals surface area contributed by atoms with E-state index >= 15 is 0 Å². The lowest BCUT2D eigenvalue weighted by Gasteiger charge is -2.03. The van der Waals surface area contributed by atoms with E-state index in [-0.39, 0.29) is 0 Å². The molecule has 101 valence electrons. The average molecular weight is 261 g/mol. The van der Waals surface area contributed by atoms with E-state index < -0.39 is 0 Å². The van der Waals surface area contributed by atoms with E-state index in [9.17, 15) is 0 Å². The van der Waals surface area contributed by atoms with Gasteiger partial charge in [-0.2, -0.15) is 0 Å². The minimum atomic E-state index is 1.20. The second-order valence-corrected chi connectivity index (χ2v) is 4.33. The average Bonchev–Trinajstić information content (AvgIpc) is 2.50. The summed E-state index contributed by atoms with van der Waals surface area (Å²) in [5.41, 5.74) is 3.68. The van der Waals surface area contributed by atoms with Crippen molar-refractivity contribution in [2.24, 2.45) is 0 Å². The Labute approximate surface area is 124 Å². The highest BCUT2D eigenvalue weighted by molar-refractivity contribution is 6.51. The molecular formula is C19H22B. The lowest BCUT2D eigenvalue weighted by atomic mass is 9.73. The van der Waals surface area contributed by atoms with Crippen molar-refractivity contribution < 1.29 is 0 Å². The molecule has 0 spiro atoms. The van der Waals surface area contributed by atoms with Gasteiger partial charge in [-0.1, -0.05) is 91.2 Å². The Balaban J connectivity index is 2.94. The third kappa shape index (κ3) is 5.75. The fraction of sp³-hybridized carbons (Fsp3) is 0.158. The van der Waals surface area contributed by atoms with Gasteiger partial charge in [-0.25, -0.2) is 0 Å². The van der Waals surface area contributed by atoms with Crippen molar-refractivity contribution in [3.05, 3.63) is 84.5 Å². The second-order valence-electron chi connectivity index (χ2n) is 4.33. The van der Waals surface area contributed by atoms with E-state index in [4.69, 9.17) is 0 Å². The molecule has 0 aromatic heterocycles. The van der Waals surface area contributed by atoms with Crippen molar-refractivity contribution in [3.63, 3.8) is 0 Å². The monoisotopic (exact) mass is 261 g/mol. The van der Waals surface area contributed by atoms with Crippen LogP contribution in [-0.4, -0.2) is 7.28 Å². The zero-order chi connectivity index (χ0) is 14.6. The van der Waals surface area contributed by atoms with Crippen molar-refractivity contribution in [3.8, 4) is 0 Å². The van der Waals surface area contributed by atoms with Gasteiger partial charge in [-0.05, 0) is 25.0 Å². The summed E-state index contributed by atoms with van der Waals surface area (Å²) < 4.78 is 0. The Bertz CT molecular complexity index is 525. The molecule has 0 amide bonds. The molecule has 0 unspecified atom stereocenters. The second kappa shape index (κ2) is 9.86. The van der Waals surface area contributed by atoms with E-state index in [1.807, 2.05) is 44.2 Å². The van der Waals surface area contributed by atoms with Gasteiger partial charge < -0.3 is 0 Å². The molecule has 20 heavy (non-hydrogen) atoms. The maximum atomic E-state index is 2.16. The molecule has 0 saturated carbocycles. The standard InChI is InChI=1S/C19H22B/c1-4-6-8-9-10-12-17(11-7-5-2)18-13-15-19(20-3)16-14-18/h4-16H,1-3H3/b6-4+,7-5+,9-8+,12-10-,17-11+. The van der Waals surface area contributed by atoms with Crippen LogP contribution < -0.4 is 5.46 Å². The van der Waals surface area contributed by atoms with Crippen LogP contribution in [0.25, 0.3) is 5.57 Å². The molecule has 0 nitrogen and oxygen atoms in total. The topological polar surface area (TPSA) is 0 Å². The van der Waals surface area contributed by atoms with E-state index in [0.717, 1.165) is 0 Å². The molecule has 0 saturated heterocycles. The molecule has 0 fully saturated rings. The zero-order valence-electron chi connectivity index (χ0n) is 12.6. The summed E-state index contributed by atoms with van der Waals surface area (Å²) in [7, 11) is 2.11. The number of allylic oxidation sites excluding steroid dienone is 10. The fourth-order valence-electron chi connectivity index (χ4n) is 1.71. The van der Waals surface area contributed by atoms with Crippen molar-refractivity contribution in [2.75, 3.05) is 0 Å². The molecule has 0 aliphatic rings. The molecule has 1 heteroatoms. The molecule has 0 atom stereocenters. The van der Waals surface area contributed by atoms with Crippen LogP contribution in [0.3, 0.4) is 0 Å². The van der Waals surface area contributed by atoms with Crippen molar-refractivity contribution >= 4 is 18.3 Å². The third-order valence-corrected chi connectivity index (χ3v) is 2.85. The van der Waals surface area contributed by atoms with E-state index in [1.165, 1.54) is 16.6 Å². The van der Waals surface area contributed by atoms with Gasteiger partial charge in [-0.15, -0.1) is 0 Å². The first kappa shape index (κ1) is 16.0. The van der Waals surface area contributed by atoms with E-state index in [0.29, 0.717) is 0 Å². The van der Waals surface area contributed by atoms with E-state index in [2.05, 4.69) is 62.7 Å². The van der Waals surface area contributed by atoms with Gasteiger partial charge in [0.05, 0.1) is 0 Å². The van der Waals surface area contributed by atoms with Gasteiger partial charge >= 0.3 is 0 Å². The first-order valence-electron chi connectivity index (χ1n) is 7.00. The van der Waals surface area contributed by atoms with Crippen LogP contribution in [-0.2, 0) is 0 Å². The van der Waals surface area contributed by atoms with Gasteiger partial charge in [-0.3, -0.25) is 0 Å². The molecule has 0 N–H and O–H groups in total. The quantitative estimate of drug-likeness (QED) is 0.513. The first-order valence-corrected chi connectivity index (χ1v) is 7.00. The van der Waals surface area contributed by atoms with Gasteiger partial charge in [0.1, 0.15) is 7.28 Å². The molecule has 0 aliphatic carbocycles. The highest BCUT2D eigenvalue weighted by Crippen LogP contribution is 2.15. The molecule has 1 aromatic rings. The molecule has 1 rings (SSSR count). The summed E-state index contributed by atoms with van der Waals surface area (Å²) in [6.45, 7) is 6.09. The summed E-state index contributed by atoms with van der Waals surface area (Å²) in [6, 6.07) is 8.60. The van der Waals surface area contributed by atoms with Gasteiger partial charge in [0.15, 0.2) is 0 Å². The van der Waals surface area contributed by atoms with Crippen molar-refractivity contribution in [1.29, 1.82) is 0 Å². The van der Waals surface area contributed by atoms with Crippen LogP contribution in [0.15, 0.2) is 78.9 Å². The van der Waals surface area contributed by atoms with Crippen LogP contribution in [0.1, 0.15) is 19.4 Å². The van der Waals surface area contributed by atoms with Crippen LogP contribution in [0.4, 0.5) is 0 Å². The number of benzene rings is 1. The van der Waals surface area contributed by atoms with Crippen LogP contribution in [0.5, 0.6) is 0 Å². The SMILES string of the molecule is C[B]c1ccc(C(/C=C\C=C\C=C\C)=C/C=C/C)cc1. The molecule has 1 radical (unpaired) electrons. The van der Waals surface area contributed by atoms with Gasteiger partial charge in [0.2, 0.25) is 0 Å². The Morgan fingerprint density at radius 1 is 0.850 bits per heavy atom. The normalized spacial score (nSPS) is 13.2. The van der Waals surface area contributed by atoms with Crippen LogP contribution in [0.2, 0.25) is 6.82 Å². The Morgan fingerprint density at radius 2 is 1.50 bits per heavy atom. The minimum Gasteiger partial charge on any atom is -0.0881 e. The van der Waals surface area contributed by atoms with E-state index in [1.54, 1.807) is 0 Å². The van der Waals surface area contributed by atoms with Gasteiger partial charge in [0, 0.05) is 0 Å². The fourth-order valence-corrected chi connectivity index (χ4v) is 1.71. The highest BCUT2D eigenvalue weighted by Gasteiger charge is 1.97. The molecule has 0 bridgehead atoms. The highest BCUT2D eigenvalue weighted by atomic mass is 14.0. The number of hydrogen-bond donors (Lipinski definition) is 0. The van der Waals surface area contributed by atoms with Crippen LogP contribution in [0, 0.1) is 0 Å². The number of hydrogen-bond acceptors (Lipinski definition) is 0. The predicted molar refractivity (Wildman–Crippen MR) is 93.6 cm³/mol. The first-order chi connectivity index (χ1) is 9.81. The Hall–Kier alpha value is -2.02. The molecule has 1 aromatic carbocycles. The lowest BCUT2D eigenvalue weighted by Crippen LogP contribution is -2.08. The molecular weight excluding hydrogens is 239 g/mol. The van der Waals surface area contributed by atoms with Crippen LogP contribution >= 0.6 is 0 Å². The maximum Gasteiger partial charge on any atom is 0.148 e. The third-order valence-electron chi connectivity index (χ3n) is 2.85.